The van der Waals surface area contributed by atoms with Gasteiger partial charge in [-0.15, -0.1) is 0 Å². The number of benzene rings is 1. The Hall–Kier alpha value is -2.07. The SMILES string of the molecule is CC(C)(C)C(=O)/C(=C/n1ccnc1)Oc1ccc(Cl)cc1. The fourth-order valence-corrected chi connectivity index (χ4v) is 1.74. The number of hydrogen-bond donors (Lipinski definition) is 0. The van der Waals surface area contributed by atoms with Gasteiger partial charge in [-0.05, 0) is 24.3 Å². The van der Waals surface area contributed by atoms with Crippen LogP contribution in [-0.4, -0.2) is 15.3 Å². The maximum absolute atomic E-state index is 12.5. The van der Waals surface area contributed by atoms with Crippen molar-refractivity contribution in [2.45, 2.75) is 20.8 Å². The Balaban J connectivity index is 2.32. The number of halogens is 1. The van der Waals surface area contributed by atoms with Crippen LogP contribution in [0.15, 0.2) is 48.7 Å². The van der Waals surface area contributed by atoms with Gasteiger partial charge in [0.1, 0.15) is 5.75 Å². The van der Waals surface area contributed by atoms with Crippen molar-refractivity contribution in [3.05, 3.63) is 53.8 Å². The molecule has 1 aromatic carbocycles. The van der Waals surface area contributed by atoms with Gasteiger partial charge < -0.3 is 9.30 Å². The van der Waals surface area contributed by atoms with Crippen LogP contribution < -0.4 is 4.74 Å². The van der Waals surface area contributed by atoms with Crippen molar-refractivity contribution >= 4 is 23.6 Å². The highest BCUT2D eigenvalue weighted by Crippen LogP contribution is 2.24. The van der Waals surface area contributed by atoms with Crippen LogP contribution in [0, 0.1) is 5.41 Å². The molecule has 0 aliphatic heterocycles. The second-order valence-corrected chi connectivity index (χ2v) is 6.07. The number of rotatable bonds is 4. The first-order chi connectivity index (χ1) is 9.86. The Morgan fingerprint density at radius 3 is 2.48 bits per heavy atom. The minimum absolute atomic E-state index is 0.0915. The van der Waals surface area contributed by atoms with Crippen molar-refractivity contribution in [3.63, 3.8) is 0 Å². The van der Waals surface area contributed by atoms with E-state index in [9.17, 15) is 4.79 Å². The minimum Gasteiger partial charge on any atom is -0.452 e. The molecule has 0 radical (unpaired) electrons. The molecule has 0 fully saturated rings. The Kier molecular flexibility index (Phi) is 4.48. The van der Waals surface area contributed by atoms with E-state index in [-0.39, 0.29) is 11.5 Å². The molecular formula is C16H17ClN2O2. The number of allylic oxidation sites excluding steroid dienone is 1. The van der Waals surface area contributed by atoms with Crippen molar-refractivity contribution in [2.75, 3.05) is 0 Å². The lowest BCUT2D eigenvalue weighted by Crippen LogP contribution is -2.25. The van der Waals surface area contributed by atoms with E-state index in [0.717, 1.165) is 0 Å². The van der Waals surface area contributed by atoms with E-state index >= 15 is 0 Å². The number of nitrogens with zero attached hydrogens (tertiary/aromatic N) is 2. The molecule has 2 aromatic rings. The van der Waals surface area contributed by atoms with Crippen molar-refractivity contribution in [1.82, 2.24) is 9.55 Å². The van der Waals surface area contributed by atoms with Gasteiger partial charge in [-0.1, -0.05) is 32.4 Å². The van der Waals surface area contributed by atoms with Gasteiger partial charge in [-0.3, -0.25) is 4.79 Å². The molecule has 110 valence electrons. The molecule has 2 rings (SSSR count). The molecule has 0 N–H and O–H groups in total. The number of carbonyl (C=O) groups is 1. The Morgan fingerprint density at radius 1 is 1.29 bits per heavy atom. The van der Waals surface area contributed by atoms with Crippen LogP contribution in [0.2, 0.25) is 5.02 Å². The predicted octanol–water partition coefficient (Wildman–Crippen LogP) is 4.03. The molecule has 0 bridgehead atoms. The van der Waals surface area contributed by atoms with E-state index in [1.165, 1.54) is 0 Å². The van der Waals surface area contributed by atoms with Gasteiger partial charge in [0.15, 0.2) is 5.76 Å². The smallest absolute Gasteiger partial charge is 0.204 e. The van der Waals surface area contributed by atoms with Gasteiger partial charge in [0.25, 0.3) is 0 Å². The highest BCUT2D eigenvalue weighted by Gasteiger charge is 2.27. The second-order valence-electron chi connectivity index (χ2n) is 5.64. The maximum Gasteiger partial charge on any atom is 0.204 e. The largest absolute Gasteiger partial charge is 0.452 e. The topological polar surface area (TPSA) is 44.1 Å². The average Bonchev–Trinajstić information content (AvgIpc) is 2.91. The summed E-state index contributed by atoms with van der Waals surface area (Å²) < 4.78 is 7.41. The maximum atomic E-state index is 12.5. The summed E-state index contributed by atoms with van der Waals surface area (Å²) in [6.07, 6.45) is 6.59. The molecule has 5 heteroatoms. The van der Waals surface area contributed by atoms with E-state index in [2.05, 4.69) is 4.98 Å². The first-order valence-corrected chi connectivity index (χ1v) is 6.91. The molecular weight excluding hydrogens is 288 g/mol. The van der Waals surface area contributed by atoms with Gasteiger partial charge >= 0.3 is 0 Å². The predicted molar refractivity (Wildman–Crippen MR) is 83.0 cm³/mol. The summed E-state index contributed by atoms with van der Waals surface area (Å²) in [5, 5.41) is 0.615. The highest BCUT2D eigenvalue weighted by molar-refractivity contribution is 6.30. The van der Waals surface area contributed by atoms with Gasteiger partial charge in [0, 0.05) is 22.8 Å². The van der Waals surface area contributed by atoms with Crippen LogP contribution in [0.1, 0.15) is 20.8 Å². The lowest BCUT2D eigenvalue weighted by atomic mass is 9.90. The van der Waals surface area contributed by atoms with E-state index in [0.29, 0.717) is 10.8 Å². The Bertz CT molecular complexity index is 638. The van der Waals surface area contributed by atoms with E-state index in [1.54, 1.807) is 53.8 Å². The summed E-state index contributed by atoms with van der Waals surface area (Å²) in [7, 11) is 0. The Morgan fingerprint density at radius 2 is 1.95 bits per heavy atom. The van der Waals surface area contributed by atoms with Gasteiger partial charge in [0.05, 0.1) is 12.5 Å². The van der Waals surface area contributed by atoms with Gasteiger partial charge in [0.2, 0.25) is 5.78 Å². The number of hydrogen-bond acceptors (Lipinski definition) is 3. The quantitative estimate of drug-likeness (QED) is 0.633. The number of aromatic nitrogens is 2. The summed E-state index contributed by atoms with van der Waals surface area (Å²) in [5.74, 6) is 0.720. The number of Topliss-reactive ketones (excluding diaryl/α,β-unsaturated/α-hetero) is 1. The molecule has 1 aromatic heterocycles. The molecule has 0 saturated carbocycles. The van der Waals surface area contributed by atoms with Gasteiger partial charge in [-0.2, -0.15) is 0 Å². The van der Waals surface area contributed by atoms with Crippen molar-refractivity contribution < 1.29 is 9.53 Å². The van der Waals surface area contributed by atoms with Crippen LogP contribution in [0.4, 0.5) is 0 Å². The minimum atomic E-state index is -0.543. The molecule has 0 aliphatic carbocycles. The van der Waals surface area contributed by atoms with E-state index in [4.69, 9.17) is 16.3 Å². The zero-order valence-corrected chi connectivity index (χ0v) is 13.0. The Labute approximate surface area is 129 Å². The summed E-state index contributed by atoms with van der Waals surface area (Å²) in [4.78, 5) is 16.5. The molecule has 4 nitrogen and oxygen atoms in total. The fourth-order valence-electron chi connectivity index (χ4n) is 1.61. The molecule has 0 saturated heterocycles. The van der Waals surface area contributed by atoms with Crippen LogP contribution in [0.25, 0.3) is 6.20 Å². The van der Waals surface area contributed by atoms with E-state index < -0.39 is 5.41 Å². The van der Waals surface area contributed by atoms with Crippen molar-refractivity contribution in [2.24, 2.45) is 5.41 Å². The molecule has 0 atom stereocenters. The van der Waals surface area contributed by atoms with Crippen LogP contribution >= 0.6 is 11.6 Å². The zero-order valence-electron chi connectivity index (χ0n) is 12.2. The third-order valence-electron chi connectivity index (χ3n) is 2.74. The first-order valence-electron chi connectivity index (χ1n) is 6.54. The third-order valence-corrected chi connectivity index (χ3v) is 2.99. The van der Waals surface area contributed by atoms with Crippen LogP contribution in [0.3, 0.4) is 0 Å². The normalized spacial score (nSPS) is 12.3. The first kappa shape index (κ1) is 15.3. The van der Waals surface area contributed by atoms with Crippen molar-refractivity contribution in [3.8, 4) is 5.75 Å². The van der Waals surface area contributed by atoms with E-state index in [1.807, 2.05) is 20.8 Å². The van der Waals surface area contributed by atoms with Crippen LogP contribution in [0.5, 0.6) is 5.75 Å². The monoisotopic (exact) mass is 304 g/mol. The molecule has 0 spiro atoms. The molecule has 21 heavy (non-hydrogen) atoms. The number of carbonyl (C=O) groups excluding carboxylic acids is 1. The highest BCUT2D eigenvalue weighted by atomic mass is 35.5. The third kappa shape index (κ3) is 4.20. The molecule has 0 amide bonds. The molecule has 0 aliphatic rings. The summed E-state index contributed by atoms with van der Waals surface area (Å²) in [5.41, 5.74) is -0.543. The van der Waals surface area contributed by atoms with Gasteiger partial charge in [-0.25, -0.2) is 4.98 Å². The lowest BCUT2D eigenvalue weighted by Gasteiger charge is -2.19. The fraction of sp³-hybridized carbons (Fsp3) is 0.250. The summed E-state index contributed by atoms with van der Waals surface area (Å²) in [6.45, 7) is 5.55. The number of imidazole rings is 1. The zero-order chi connectivity index (χ0) is 15.5. The number of ketones is 1. The van der Waals surface area contributed by atoms with Crippen molar-refractivity contribution in [1.29, 1.82) is 0 Å². The summed E-state index contributed by atoms with van der Waals surface area (Å²) >= 11 is 5.85. The lowest BCUT2D eigenvalue weighted by molar-refractivity contribution is -0.124. The summed E-state index contributed by atoms with van der Waals surface area (Å²) in [6, 6.07) is 6.88. The molecule has 0 unspecified atom stereocenters. The molecule has 1 heterocycles. The standard InChI is InChI=1S/C16H17ClN2O2/c1-16(2,3)15(20)14(10-19-9-8-18-11-19)21-13-6-4-12(17)5-7-13/h4-11H,1-3H3/b14-10-. The average molecular weight is 305 g/mol. The second kappa shape index (κ2) is 6.14. The van der Waals surface area contributed by atoms with Crippen LogP contribution in [-0.2, 0) is 4.79 Å². The number of ether oxygens (including phenoxy) is 1.